The van der Waals surface area contributed by atoms with Crippen molar-refractivity contribution in [2.24, 2.45) is 0 Å². The Morgan fingerprint density at radius 1 is 0.968 bits per heavy atom. The van der Waals surface area contributed by atoms with Crippen LogP contribution in [0.3, 0.4) is 0 Å². The van der Waals surface area contributed by atoms with Crippen molar-refractivity contribution in [2.45, 2.75) is 24.8 Å². The molecule has 0 heterocycles. The summed E-state index contributed by atoms with van der Waals surface area (Å²) in [6.45, 7) is 3.57. The van der Waals surface area contributed by atoms with Gasteiger partial charge < -0.3 is 5.32 Å². The molecule has 0 saturated carbocycles. The minimum atomic E-state index is -3.89. The van der Waals surface area contributed by atoms with Gasteiger partial charge in [0.2, 0.25) is 0 Å². The lowest BCUT2D eigenvalue weighted by Crippen LogP contribution is -2.31. The first-order valence-corrected chi connectivity index (χ1v) is 11.1. The third-order valence-corrected chi connectivity index (χ3v) is 6.71. The van der Waals surface area contributed by atoms with Crippen molar-refractivity contribution in [3.63, 3.8) is 0 Å². The van der Waals surface area contributed by atoms with Crippen molar-refractivity contribution in [3.05, 3.63) is 95.6 Å². The molecule has 8 heteroatoms. The van der Waals surface area contributed by atoms with Gasteiger partial charge in [0.15, 0.2) is 11.6 Å². The molecule has 1 N–H and O–H groups in total. The smallest absolute Gasteiger partial charge is 0.264 e. The summed E-state index contributed by atoms with van der Waals surface area (Å²) < 4.78 is 54.2. The quantitative estimate of drug-likeness (QED) is 0.576. The van der Waals surface area contributed by atoms with E-state index in [4.69, 9.17) is 0 Å². The summed E-state index contributed by atoms with van der Waals surface area (Å²) in [6, 6.07) is 17.2. The Morgan fingerprint density at radius 3 is 2.32 bits per heavy atom. The number of carbonyl (C=O) groups is 1. The first-order chi connectivity index (χ1) is 14.7. The van der Waals surface area contributed by atoms with Crippen LogP contribution in [0.2, 0.25) is 0 Å². The van der Waals surface area contributed by atoms with Gasteiger partial charge in [-0.05, 0) is 61.9 Å². The van der Waals surface area contributed by atoms with Gasteiger partial charge in [-0.25, -0.2) is 17.2 Å². The molecule has 0 aliphatic rings. The van der Waals surface area contributed by atoms with Gasteiger partial charge in [-0.3, -0.25) is 9.10 Å². The lowest BCUT2D eigenvalue weighted by atomic mass is 10.1. The second-order valence-corrected chi connectivity index (χ2v) is 8.76. The normalized spacial score (nSPS) is 12.3. The summed E-state index contributed by atoms with van der Waals surface area (Å²) in [4.78, 5) is 12.7. The molecule has 5 nitrogen and oxygen atoms in total. The highest BCUT2D eigenvalue weighted by molar-refractivity contribution is 7.92. The zero-order valence-corrected chi connectivity index (χ0v) is 17.9. The number of halogens is 2. The van der Waals surface area contributed by atoms with Crippen molar-refractivity contribution in [1.82, 2.24) is 5.32 Å². The Bertz CT molecular complexity index is 1180. The van der Waals surface area contributed by atoms with E-state index < -0.39 is 33.6 Å². The summed E-state index contributed by atoms with van der Waals surface area (Å²) >= 11 is 0. The van der Waals surface area contributed by atoms with Crippen molar-refractivity contribution >= 4 is 21.6 Å². The lowest BCUT2D eigenvalue weighted by Gasteiger charge is -2.23. The molecule has 3 rings (SSSR count). The summed E-state index contributed by atoms with van der Waals surface area (Å²) in [5.41, 5.74) is 1.05. The number of sulfonamides is 1. The van der Waals surface area contributed by atoms with E-state index in [0.29, 0.717) is 11.3 Å². The zero-order chi connectivity index (χ0) is 22.6. The summed E-state index contributed by atoms with van der Waals surface area (Å²) in [5, 5.41) is 2.68. The highest BCUT2D eigenvalue weighted by atomic mass is 32.2. The number of anilines is 1. The van der Waals surface area contributed by atoms with Crippen LogP contribution in [0.15, 0.2) is 77.7 Å². The predicted octanol–water partition coefficient (Wildman–Crippen LogP) is 4.67. The number of carbonyl (C=O) groups excluding carboxylic acids is 1. The fraction of sp³-hybridized carbons (Fsp3) is 0.174. The highest BCUT2D eigenvalue weighted by Crippen LogP contribution is 2.24. The van der Waals surface area contributed by atoms with Gasteiger partial charge >= 0.3 is 0 Å². The standard InChI is InChI=1S/C23H22F2N2O3S/c1-3-27(19-9-5-4-6-10-19)31(29,30)20-11-7-8-18(14-20)23(28)26-16(2)17-12-13-21(24)22(25)15-17/h4-16H,3H2,1-2H3,(H,26,28). The van der Waals surface area contributed by atoms with E-state index in [1.54, 1.807) is 44.2 Å². The molecule has 1 unspecified atom stereocenters. The molecule has 0 bridgehead atoms. The summed E-state index contributed by atoms with van der Waals surface area (Å²) in [5.74, 6) is -2.51. The molecule has 0 aliphatic heterocycles. The number of amides is 1. The number of para-hydroxylation sites is 1. The minimum Gasteiger partial charge on any atom is -0.346 e. The average Bonchev–Trinajstić information content (AvgIpc) is 2.76. The maximum atomic E-state index is 13.5. The Labute approximate surface area is 180 Å². The van der Waals surface area contributed by atoms with E-state index in [0.717, 1.165) is 12.1 Å². The number of hydrogen-bond donors (Lipinski definition) is 1. The van der Waals surface area contributed by atoms with Gasteiger partial charge in [0.05, 0.1) is 16.6 Å². The minimum absolute atomic E-state index is 0.0219. The van der Waals surface area contributed by atoms with Crippen LogP contribution in [0.1, 0.15) is 35.8 Å². The third-order valence-electron chi connectivity index (χ3n) is 4.81. The van der Waals surface area contributed by atoms with Gasteiger partial charge in [0.1, 0.15) is 0 Å². The van der Waals surface area contributed by atoms with Crippen LogP contribution >= 0.6 is 0 Å². The van der Waals surface area contributed by atoms with Gasteiger partial charge in [-0.15, -0.1) is 0 Å². The Balaban J connectivity index is 1.84. The number of rotatable bonds is 7. The van der Waals surface area contributed by atoms with E-state index in [-0.39, 0.29) is 17.0 Å². The SMILES string of the molecule is CCN(c1ccccc1)S(=O)(=O)c1cccc(C(=O)NC(C)c2ccc(F)c(F)c2)c1. The highest BCUT2D eigenvalue weighted by Gasteiger charge is 2.24. The monoisotopic (exact) mass is 444 g/mol. The predicted molar refractivity (Wildman–Crippen MR) is 115 cm³/mol. The molecule has 31 heavy (non-hydrogen) atoms. The Hall–Kier alpha value is -3.26. The molecule has 3 aromatic carbocycles. The number of benzene rings is 3. The van der Waals surface area contributed by atoms with Gasteiger partial charge in [-0.1, -0.05) is 30.3 Å². The lowest BCUT2D eigenvalue weighted by molar-refractivity contribution is 0.0939. The van der Waals surface area contributed by atoms with Gasteiger partial charge in [0, 0.05) is 12.1 Å². The van der Waals surface area contributed by atoms with E-state index in [1.165, 1.54) is 34.6 Å². The molecule has 1 atom stereocenters. The Kier molecular flexibility index (Phi) is 6.70. The van der Waals surface area contributed by atoms with E-state index in [2.05, 4.69) is 5.32 Å². The van der Waals surface area contributed by atoms with Crippen LogP contribution in [-0.4, -0.2) is 20.9 Å². The summed E-state index contributed by atoms with van der Waals surface area (Å²) in [6.07, 6.45) is 0. The maximum Gasteiger partial charge on any atom is 0.264 e. The van der Waals surface area contributed by atoms with Crippen LogP contribution in [-0.2, 0) is 10.0 Å². The van der Waals surface area contributed by atoms with Crippen LogP contribution < -0.4 is 9.62 Å². The average molecular weight is 445 g/mol. The molecule has 1 amide bonds. The molecular formula is C23H22F2N2O3S. The number of nitrogens with zero attached hydrogens (tertiary/aromatic N) is 1. The van der Waals surface area contributed by atoms with Crippen molar-refractivity contribution in [1.29, 1.82) is 0 Å². The van der Waals surface area contributed by atoms with Crippen molar-refractivity contribution in [2.75, 3.05) is 10.8 Å². The van der Waals surface area contributed by atoms with Crippen LogP contribution in [0, 0.1) is 11.6 Å². The second kappa shape index (κ2) is 9.26. The van der Waals surface area contributed by atoms with Crippen LogP contribution in [0.4, 0.5) is 14.5 Å². The fourth-order valence-electron chi connectivity index (χ4n) is 3.16. The third kappa shape index (κ3) is 4.91. The van der Waals surface area contributed by atoms with Crippen molar-refractivity contribution in [3.8, 4) is 0 Å². The maximum absolute atomic E-state index is 13.5. The zero-order valence-electron chi connectivity index (χ0n) is 17.0. The number of hydrogen-bond acceptors (Lipinski definition) is 3. The first kappa shape index (κ1) is 22.4. The van der Waals surface area contributed by atoms with Crippen molar-refractivity contribution < 1.29 is 22.0 Å². The van der Waals surface area contributed by atoms with Gasteiger partial charge in [-0.2, -0.15) is 0 Å². The van der Waals surface area contributed by atoms with E-state index >= 15 is 0 Å². The first-order valence-electron chi connectivity index (χ1n) is 9.67. The van der Waals surface area contributed by atoms with Gasteiger partial charge in [0.25, 0.3) is 15.9 Å². The van der Waals surface area contributed by atoms with E-state index in [9.17, 15) is 22.0 Å². The molecule has 0 aliphatic carbocycles. The molecule has 0 spiro atoms. The Morgan fingerprint density at radius 2 is 1.68 bits per heavy atom. The molecule has 0 radical (unpaired) electrons. The van der Waals surface area contributed by atoms with Crippen LogP contribution in [0.5, 0.6) is 0 Å². The number of nitrogens with one attached hydrogen (secondary N) is 1. The summed E-state index contributed by atoms with van der Waals surface area (Å²) in [7, 11) is -3.89. The molecular weight excluding hydrogens is 422 g/mol. The molecule has 0 fully saturated rings. The van der Waals surface area contributed by atoms with Crippen LogP contribution in [0.25, 0.3) is 0 Å². The largest absolute Gasteiger partial charge is 0.346 e. The molecule has 162 valence electrons. The molecule has 0 aromatic heterocycles. The second-order valence-electron chi connectivity index (χ2n) is 6.90. The fourth-order valence-corrected chi connectivity index (χ4v) is 4.68. The molecule has 0 saturated heterocycles. The molecule has 3 aromatic rings. The topological polar surface area (TPSA) is 66.5 Å². The van der Waals surface area contributed by atoms with E-state index in [1.807, 2.05) is 0 Å².